The van der Waals surface area contributed by atoms with Crippen LogP contribution in [0.25, 0.3) is 11.3 Å². The molecule has 2 aromatic heterocycles. The minimum Gasteiger partial charge on any atom is -0.455 e. The molecule has 0 radical (unpaired) electrons. The van der Waals surface area contributed by atoms with Crippen LogP contribution in [0, 0.1) is 12.8 Å². The van der Waals surface area contributed by atoms with E-state index in [1.165, 1.54) is 19.3 Å². The van der Waals surface area contributed by atoms with Crippen LogP contribution in [0.5, 0.6) is 0 Å². The number of rotatable bonds is 4. The van der Waals surface area contributed by atoms with E-state index in [0.29, 0.717) is 11.7 Å². The molecule has 31 heavy (non-hydrogen) atoms. The fourth-order valence-electron chi connectivity index (χ4n) is 5.44. The number of hydrogen-bond acceptors (Lipinski definition) is 4. The van der Waals surface area contributed by atoms with E-state index >= 15 is 0 Å². The number of carbonyl (C=O) groups is 2. The normalized spacial score (nSPS) is 22.8. The zero-order valence-corrected chi connectivity index (χ0v) is 18.6. The Hall–Kier alpha value is -2.57. The van der Waals surface area contributed by atoms with Crippen molar-refractivity contribution < 1.29 is 14.0 Å². The molecular formula is C24H32N4O3. The molecule has 2 fully saturated rings. The predicted octanol–water partition coefficient (Wildman–Crippen LogP) is 3.48. The maximum atomic E-state index is 12.9. The van der Waals surface area contributed by atoms with Gasteiger partial charge in [-0.2, -0.15) is 5.10 Å². The van der Waals surface area contributed by atoms with Gasteiger partial charge in [0.15, 0.2) is 5.76 Å². The Bertz CT molecular complexity index is 999. The molecule has 2 aliphatic carbocycles. The van der Waals surface area contributed by atoms with Crippen LogP contribution in [0.4, 0.5) is 0 Å². The van der Waals surface area contributed by atoms with E-state index in [0.717, 1.165) is 73.3 Å². The van der Waals surface area contributed by atoms with E-state index in [-0.39, 0.29) is 24.4 Å². The summed E-state index contributed by atoms with van der Waals surface area (Å²) in [6.07, 6.45) is 10.4. The molecule has 7 nitrogen and oxygen atoms in total. The average Bonchev–Trinajstić information content (AvgIpc) is 3.48. The third-order valence-electron chi connectivity index (χ3n) is 7.27. The second kappa shape index (κ2) is 8.17. The average molecular weight is 425 g/mol. The number of amides is 2. The maximum Gasteiger partial charge on any atom is 0.289 e. The lowest BCUT2D eigenvalue weighted by Gasteiger charge is -2.29. The van der Waals surface area contributed by atoms with E-state index in [4.69, 9.17) is 9.52 Å². The van der Waals surface area contributed by atoms with Gasteiger partial charge >= 0.3 is 0 Å². The first-order valence-corrected chi connectivity index (χ1v) is 11.8. The molecule has 3 aliphatic rings. The maximum absolute atomic E-state index is 12.9. The van der Waals surface area contributed by atoms with Crippen molar-refractivity contribution in [2.24, 2.45) is 5.92 Å². The summed E-state index contributed by atoms with van der Waals surface area (Å²) < 4.78 is 7.80. The molecule has 1 N–H and O–H groups in total. The highest BCUT2D eigenvalue weighted by Crippen LogP contribution is 2.38. The summed E-state index contributed by atoms with van der Waals surface area (Å²) >= 11 is 0. The van der Waals surface area contributed by atoms with Crippen molar-refractivity contribution in [3.05, 3.63) is 28.8 Å². The smallest absolute Gasteiger partial charge is 0.289 e. The molecule has 2 unspecified atom stereocenters. The second-order valence-corrected chi connectivity index (χ2v) is 9.49. The largest absolute Gasteiger partial charge is 0.455 e. The lowest BCUT2D eigenvalue weighted by Crippen LogP contribution is -2.42. The van der Waals surface area contributed by atoms with Gasteiger partial charge in [0, 0.05) is 42.9 Å². The van der Waals surface area contributed by atoms with Gasteiger partial charge in [0.2, 0.25) is 5.91 Å². The van der Waals surface area contributed by atoms with Gasteiger partial charge in [0.05, 0.1) is 5.69 Å². The number of aromatic nitrogens is 2. The Morgan fingerprint density at radius 2 is 1.94 bits per heavy atom. The Morgan fingerprint density at radius 1 is 1.16 bits per heavy atom. The van der Waals surface area contributed by atoms with Gasteiger partial charge in [-0.1, -0.05) is 19.8 Å². The van der Waals surface area contributed by atoms with Crippen LogP contribution in [0.1, 0.15) is 72.9 Å². The van der Waals surface area contributed by atoms with Crippen LogP contribution in [-0.4, -0.2) is 45.6 Å². The molecule has 2 atom stereocenters. The second-order valence-electron chi connectivity index (χ2n) is 9.49. The van der Waals surface area contributed by atoms with Gasteiger partial charge in [0.25, 0.3) is 5.91 Å². The first-order valence-electron chi connectivity index (χ1n) is 11.8. The van der Waals surface area contributed by atoms with Gasteiger partial charge in [-0.3, -0.25) is 14.3 Å². The first-order chi connectivity index (χ1) is 15.0. The Labute approximate surface area is 183 Å². The molecule has 0 aromatic carbocycles. The third-order valence-corrected chi connectivity index (χ3v) is 7.27. The van der Waals surface area contributed by atoms with Gasteiger partial charge < -0.3 is 14.6 Å². The fraction of sp³-hybridized carbons (Fsp3) is 0.625. The Balaban J connectivity index is 1.34. The fourth-order valence-corrected chi connectivity index (χ4v) is 5.44. The molecule has 2 amide bonds. The number of hydrogen-bond donors (Lipinski definition) is 1. The standard InChI is InChI=1S/C24H32N4O3/c1-15-7-3-4-8-18(15)25-20(29)14-28-13-17-9-10-19-21(22(17)26-28)16(2)23(31-19)24(30)27-11-5-6-12-27/h13,15,18H,3-12,14H2,1-2H3,(H,25,29). The quantitative estimate of drug-likeness (QED) is 0.815. The van der Waals surface area contributed by atoms with E-state index < -0.39 is 0 Å². The number of furan rings is 1. The minimum atomic E-state index is -0.00800. The summed E-state index contributed by atoms with van der Waals surface area (Å²) in [6, 6.07) is 0.272. The van der Waals surface area contributed by atoms with Crippen LogP contribution < -0.4 is 5.32 Å². The van der Waals surface area contributed by atoms with Gasteiger partial charge in [-0.05, 0) is 50.5 Å². The van der Waals surface area contributed by atoms with Crippen LogP contribution >= 0.6 is 0 Å². The SMILES string of the molecule is Cc1c(C(=O)N2CCCC2)oc2c1-c1nn(CC(=O)NC3CCCCC3C)cc1CC2. The molecule has 166 valence electrons. The minimum absolute atomic E-state index is 0.00800. The summed E-state index contributed by atoms with van der Waals surface area (Å²) in [5.41, 5.74) is 3.81. The molecule has 1 saturated carbocycles. The van der Waals surface area contributed by atoms with E-state index in [1.54, 1.807) is 4.68 Å². The van der Waals surface area contributed by atoms with Gasteiger partial charge in [0.1, 0.15) is 12.3 Å². The third kappa shape index (κ3) is 3.79. The molecule has 3 heterocycles. The lowest BCUT2D eigenvalue weighted by atomic mass is 9.86. The first kappa shape index (κ1) is 20.3. The molecule has 0 spiro atoms. The molecule has 7 heteroatoms. The van der Waals surface area contributed by atoms with Crippen molar-refractivity contribution >= 4 is 11.8 Å². The molecular weight excluding hydrogens is 392 g/mol. The zero-order valence-electron chi connectivity index (χ0n) is 18.6. The topological polar surface area (TPSA) is 80.4 Å². The van der Waals surface area contributed by atoms with E-state index in [1.807, 2.05) is 18.0 Å². The van der Waals surface area contributed by atoms with Crippen molar-refractivity contribution in [1.29, 1.82) is 0 Å². The van der Waals surface area contributed by atoms with Gasteiger partial charge in [-0.15, -0.1) is 0 Å². The monoisotopic (exact) mass is 424 g/mol. The number of carbonyl (C=O) groups excluding carboxylic acids is 2. The van der Waals surface area contributed by atoms with Crippen molar-refractivity contribution in [2.45, 2.75) is 77.8 Å². The number of nitrogens with zero attached hydrogens (tertiary/aromatic N) is 3. The zero-order chi connectivity index (χ0) is 21.5. The van der Waals surface area contributed by atoms with Crippen molar-refractivity contribution in [2.75, 3.05) is 13.1 Å². The van der Waals surface area contributed by atoms with E-state index in [9.17, 15) is 9.59 Å². The summed E-state index contributed by atoms with van der Waals surface area (Å²) in [6.45, 7) is 6.01. The summed E-state index contributed by atoms with van der Waals surface area (Å²) in [7, 11) is 0. The molecule has 0 bridgehead atoms. The van der Waals surface area contributed by atoms with Gasteiger partial charge in [-0.25, -0.2) is 0 Å². The van der Waals surface area contributed by atoms with Crippen LogP contribution in [0.15, 0.2) is 10.6 Å². The number of likely N-dealkylation sites (tertiary alicyclic amines) is 1. The van der Waals surface area contributed by atoms with Crippen LogP contribution in [0.3, 0.4) is 0 Å². The highest BCUT2D eigenvalue weighted by molar-refractivity contribution is 5.95. The number of aryl methyl sites for hydroxylation is 2. The summed E-state index contributed by atoms with van der Waals surface area (Å²) in [5, 5.41) is 7.96. The summed E-state index contributed by atoms with van der Waals surface area (Å²) in [5.74, 6) is 1.85. The van der Waals surface area contributed by atoms with Crippen LogP contribution in [-0.2, 0) is 24.2 Å². The van der Waals surface area contributed by atoms with E-state index in [2.05, 4.69) is 12.2 Å². The van der Waals surface area contributed by atoms with Crippen molar-refractivity contribution in [3.8, 4) is 11.3 Å². The molecule has 2 aromatic rings. The Kier molecular flexibility index (Phi) is 5.36. The molecule has 1 saturated heterocycles. The number of fused-ring (bicyclic) bond motifs is 3. The van der Waals surface area contributed by atoms with Crippen molar-refractivity contribution in [1.82, 2.24) is 20.0 Å². The number of nitrogens with one attached hydrogen (secondary N) is 1. The highest BCUT2D eigenvalue weighted by Gasteiger charge is 2.32. The lowest BCUT2D eigenvalue weighted by molar-refractivity contribution is -0.123. The van der Waals surface area contributed by atoms with Crippen molar-refractivity contribution in [3.63, 3.8) is 0 Å². The Morgan fingerprint density at radius 3 is 2.71 bits per heavy atom. The molecule has 5 rings (SSSR count). The summed E-state index contributed by atoms with van der Waals surface area (Å²) in [4.78, 5) is 27.5. The highest BCUT2D eigenvalue weighted by atomic mass is 16.4. The van der Waals surface area contributed by atoms with Crippen LogP contribution in [0.2, 0.25) is 0 Å². The predicted molar refractivity (Wildman–Crippen MR) is 117 cm³/mol. The molecule has 1 aliphatic heterocycles.